The summed E-state index contributed by atoms with van der Waals surface area (Å²) in [5, 5.41) is 4.03. The predicted molar refractivity (Wildman–Crippen MR) is 69.4 cm³/mol. The molecule has 0 saturated carbocycles. The van der Waals surface area contributed by atoms with Crippen molar-refractivity contribution in [3.05, 3.63) is 11.7 Å². The molecule has 0 spiro atoms. The summed E-state index contributed by atoms with van der Waals surface area (Å²) in [6, 6.07) is -0.180. The van der Waals surface area contributed by atoms with Crippen LogP contribution in [0.2, 0.25) is 0 Å². The third kappa shape index (κ3) is 2.66. The fraction of sp³-hybridized carbons (Fsp3) is 0.846. The molecule has 2 aliphatic heterocycles. The molecule has 0 bridgehead atoms. The Balaban J connectivity index is 1.66. The number of hydrogen-bond acceptors (Lipinski definition) is 6. The predicted octanol–water partition coefficient (Wildman–Crippen LogP) is 1.19. The van der Waals surface area contributed by atoms with E-state index in [1.54, 1.807) is 0 Å². The van der Waals surface area contributed by atoms with Gasteiger partial charge in [0, 0.05) is 13.2 Å². The molecular weight excluding hydrogens is 244 g/mol. The second kappa shape index (κ2) is 5.19. The van der Waals surface area contributed by atoms with Crippen LogP contribution in [0, 0.1) is 0 Å². The fourth-order valence-corrected chi connectivity index (χ4v) is 2.87. The molecule has 0 radical (unpaired) electrons. The Morgan fingerprint density at radius 3 is 2.84 bits per heavy atom. The third-order valence-electron chi connectivity index (χ3n) is 4.10. The molecule has 0 amide bonds. The van der Waals surface area contributed by atoms with Crippen molar-refractivity contribution < 1.29 is 9.26 Å². The van der Waals surface area contributed by atoms with Gasteiger partial charge in [-0.1, -0.05) is 5.16 Å². The van der Waals surface area contributed by atoms with Crippen LogP contribution in [0.5, 0.6) is 0 Å². The van der Waals surface area contributed by atoms with E-state index < -0.39 is 5.60 Å². The molecule has 1 aromatic rings. The second-order valence-electron chi connectivity index (χ2n) is 5.75. The first-order valence-electron chi connectivity index (χ1n) is 7.13. The normalized spacial score (nSPS) is 30.0. The Bertz CT molecular complexity index is 422. The summed E-state index contributed by atoms with van der Waals surface area (Å²) in [5.41, 5.74) is 5.74. The number of likely N-dealkylation sites (tertiary alicyclic amines) is 1. The second-order valence-corrected chi connectivity index (χ2v) is 5.75. The van der Waals surface area contributed by atoms with Crippen molar-refractivity contribution in [2.45, 2.75) is 44.2 Å². The van der Waals surface area contributed by atoms with Crippen molar-refractivity contribution in [3.8, 4) is 0 Å². The molecule has 0 aromatic carbocycles. The minimum atomic E-state index is -0.418. The van der Waals surface area contributed by atoms with Crippen LogP contribution in [-0.4, -0.2) is 41.3 Å². The van der Waals surface area contributed by atoms with E-state index in [1.807, 2.05) is 6.92 Å². The quantitative estimate of drug-likeness (QED) is 0.882. The van der Waals surface area contributed by atoms with Crippen molar-refractivity contribution in [2.24, 2.45) is 5.73 Å². The number of aromatic nitrogens is 2. The molecule has 3 rings (SSSR count). The van der Waals surface area contributed by atoms with E-state index in [1.165, 1.54) is 12.8 Å². The van der Waals surface area contributed by atoms with Crippen molar-refractivity contribution in [3.63, 3.8) is 0 Å². The summed E-state index contributed by atoms with van der Waals surface area (Å²) >= 11 is 0. The molecule has 19 heavy (non-hydrogen) atoms. The molecule has 106 valence electrons. The van der Waals surface area contributed by atoms with Crippen LogP contribution in [0.3, 0.4) is 0 Å². The lowest BCUT2D eigenvalue weighted by Crippen LogP contribution is -2.30. The van der Waals surface area contributed by atoms with E-state index in [9.17, 15) is 0 Å². The van der Waals surface area contributed by atoms with Crippen LogP contribution in [0.25, 0.3) is 0 Å². The zero-order valence-corrected chi connectivity index (χ0v) is 11.5. The van der Waals surface area contributed by atoms with Crippen LogP contribution in [-0.2, 0) is 10.3 Å². The van der Waals surface area contributed by atoms with E-state index in [0.717, 1.165) is 39.1 Å². The summed E-state index contributed by atoms with van der Waals surface area (Å²) in [5.74, 6) is 1.16. The molecule has 2 aliphatic rings. The fourth-order valence-electron chi connectivity index (χ4n) is 2.87. The average molecular weight is 266 g/mol. The van der Waals surface area contributed by atoms with Gasteiger partial charge >= 0.3 is 0 Å². The molecule has 2 fully saturated rings. The minimum Gasteiger partial charge on any atom is -0.365 e. The number of ether oxygens (including phenoxy) is 1. The monoisotopic (exact) mass is 266 g/mol. The van der Waals surface area contributed by atoms with Gasteiger partial charge in [0.1, 0.15) is 5.60 Å². The highest BCUT2D eigenvalue weighted by Crippen LogP contribution is 2.34. The van der Waals surface area contributed by atoms with Crippen LogP contribution in [0.1, 0.15) is 50.4 Å². The zero-order chi connectivity index (χ0) is 13.3. The lowest BCUT2D eigenvalue weighted by atomic mass is 10.0. The average Bonchev–Trinajstić information content (AvgIpc) is 3.08. The number of nitrogens with zero attached hydrogens (tertiary/aromatic N) is 3. The number of rotatable bonds is 4. The van der Waals surface area contributed by atoms with Crippen LogP contribution < -0.4 is 5.73 Å². The first kappa shape index (κ1) is 13.0. The Hall–Kier alpha value is -0.980. The van der Waals surface area contributed by atoms with Gasteiger partial charge in [0.15, 0.2) is 5.82 Å². The molecule has 2 N–H and O–H groups in total. The van der Waals surface area contributed by atoms with E-state index in [4.69, 9.17) is 15.0 Å². The minimum absolute atomic E-state index is 0.180. The molecule has 2 saturated heterocycles. The summed E-state index contributed by atoms with van der Waals surface area (Å²) < 4.78 is 11.1. The van der Waals surface area contributed by atoms with Gasteiger partial charge in [0.25, 0.3) is 5.89 Å². The Morgan fingerprint density at radius 2 is 2.16 bits per heavy atom. The molecule has 6 heteroatoms. The molecule has 6 nitrogen and oxygen atoms in total. The summed E-state index contributed by atoms with van der Waals surface area (Å²) in [4.78, 5) is 6.81. The first-order chi connectivity index (χ1) is 9.17. The first-order valence-corrected chi connectivity index (χ1v) is 7.13. The van der Waals surface area contributed by atoms with Gasteiger partial charge in [0.05, 0.1) is 6.04 Å². The highest BCUT2D eigenvalue weighted by atomic mass is 16.5. The van der Waals surface area contributed by atoms with Crippen molar-refractivity contribution in [2.75, 3.05) is 26.2 Å². The van der Waals surface area contributed by atoms with Crippen LogP contribution in [0.15, 0.2) is 4.52 Å². The van der Waals surface area contributed by atoms with Gasteiger partial charge < -0.3 is 19.9 Å². The maximum absolute atomic E-state index is 6.16. The Morgan fingerprint density at radius 1 is 1.37 bits per heavy atom. The Labute approximate surface area is 113 Å². The van der Waals surface area contributed by atoms with Gasteiger partial charge in [0.2, 0.25) is 0 Å². The van der Waals surface area contributed by atoms with Gasteiger partial charge in [-0.3, -0.25) is 0 Å². The molecule has 3 heterocycles. The van der Waals surface area contributed by atoms with E-state index in [2.05, 4.69) is 15.0 Å². The highest BCUT2D eigenvalue weighted by molar-refractivity contribution is 5.02. The standard InChI is InChI=1S/C13H22N4O2/c1-13(5-4-8-18-13)12-15-11(16-19-12)10(14)9-17-6-2-3-7-17/h10H,2-9,14H2,1H3. The number of nitrogens with two attached hydrogens (primary N) is 1. The molecule has 2 unspecified atom stereocenters. The van der Waals surface area contributed by atoms with Crippen LogP contribution >= 0.6 is 0 Å². The van der Waals surface area contributed by atoms with Crippen LogP contribution in [0.4, 0.5) is 0 Å². The smallest absolute Gasteiger partial charge is 0.258 e. The molecule has 2 atom stereocenters. The summed E-state index contributed by atoms with van der Waals surface area (Å²) in [6.45, 7) is 5.81. The van der Waals surface area contributed by atoms with Crippen molar-refractivity contribution in [1.29, 1.82) is 0 Å². The van der Waals surface area contributed by atoms with Gasteiger partial charge in [-0.15, -0.1) is 0 Å². The van der Waals surface area contributed by atoms with E-state index >= 15 is 0 Å². The number of hydrogen-bond donors (Lipinski definition) is 1. The SMILES string of the molecule is CC1(c2nc(C(N)CN3CCCC3)no2)CCCO1. The molecule has 0 aliphatic carbocycles. The van der Waals surface area contributed by atoms with Gasteiger partial charge in [-0.25, -0.2) is 0 Å². The molecular formula is C13H22N4O2. The van der Waals surface area contributed by atoms with E-state index in [0.29, 0.717) is 11.7 Å². The molecule has 1 aromatic heterocycles. The van der Waals surface area contributed by atoms with Crippen molar-refractivity contribution >= 4 is 0 Å². The highest BCUT2D eigenvalue weighted by Gasteiger charge is 2.38. The largest absolute Gasteiger partial charge is 0.365 e. The summed E-state index contributed by atoms with van der Waals surface area (Å²) in [6.07, 6.45) is 4.48. The zero-order valence-electron chi connectivity index (χ0n) is 11.5. The maximum atomic E-state index is 6.16. The van der Waals surface area contributed by atoms with Gasteiger partial charge in [-0.05, 0) is 45.7 Å². The van der Waals surface area contributed by atoms with Gasteiger partial charge in [-0.2, -0.15) is 4.98 Å². The Kier molecular flexibility index (Phi) is 3.56. The summed E-state index contributed by atoms with van der Waals surface area (Å²) in [7, 11) is 0. The lowest BCUT2D eigenvalue weighted by molar-refractivity contribution is -0.00937. The lowest BCUT2D eigenvalue weighted by Gasteiger charge is -2.18. The maximum Gasteiger partial charge on any atom is 0.258 e. The third-order valence-corrected chi connectivity index (χ3v) is 4.10. The van der Waals surface area contributed by atoms with Crippen molar-refractivity contribution in [1.82, 2.24) is 15.0 Å². The van der Waals surface area contributed by atoms with E-state index in [-0.39, 0.29) is 6.04 Å². The topological polar surface area (TPSA) is 77.4 Å².